The van der Waals surface area contributed by atoms with E-state index in [1.54, 1.807) is 11.9 Å². The SMILES string of the molecule is C=C(C)C(=C)CCC.CC.CC.CC.CC.CC(C)Oc1ccc(CN(CCC2OCC(CN(C)C(=O)OC(C)(C)C)CO2)c2ccc(C#N)cc2)cn1.CCC. The van der Waals surface area contributed by atoms with Crippen LogP contribution >= 0.6 is 0 Å². The lowest BCUT2D eigenvalue weighted by atomic mass is 10.1. The molecule has 1 fully saturated rings. The maximum Gasteiger partial charge on any atom is 0.410 e. The van der Waals surface area contributed by atoms with Gasteiger partial charge in [0, 0.05) is 57.0 Å². The lowest BCUT2D eigenvalue weighted by Gasteiger charge is -2.34. The summed E-state index contributed by atoms with van der Waals surface area (Å²) in [6.45, 7) is 44.4. The number of nitriles is 1. The highest BCUT2D eigenvalue weighted by Gasteiger charge is 2.27. The molecule has 2 aromatic rings. The molecule has 0 bridgehead atoms. The number of carbonyl (C=O) groups is 1. The van der Waals surface area contributed by atoms with E-state index >= 15 is 0 Å². The summed E-state index contributed by atoms with van der Waals surface area (Å²) in [4.78, 5) is 20.5. The molecule has 1 amide bonds. The van der Waals surface area contributed by atoms with E-state index in [0.717, 1.165) is 23.2 Å². The molecule has 1 saturated heterocycles. The molecular weight excluding hydrogens is 713 g/mol. The standard InChI is InChI=1S/C29H40N4O5.C8H14.C3H8.4C2H6/c1-21(2)37-26-12-9-23(16-31-26)18-33(25-10-7-22(15-30)8-11-25)14-13-27-35-19-24(20-36-27)17-32(6)28(34)38-29(3,4)5;1-5-6-8(4)7(2)3;1-3-2;4*1-2/h7-12,16,21,24,27H,13-14,17-20H2,1-6H3;2,4-6H2,1,3H3;3H2,1-2H3;4*1-2H3. The zero-order valence-electron chi connectivity index (χ0n) is 39.9. The molecule has 3 rings (SSSR count). The van der Waals surface area contributed by atoms with Crippen LogP contribution in [0.15, 0.2) is 66.9 Å². The highest BCUT2D eigenvalue weighted by atomic mass is 16.7. The third-order valence-corrected chi connectivity index (χ3v) is 6.95. The Morgan fingerprint density at radius 1 is 0.947 bits per heavy atom. The molecule has 9 heteroatoms. The van der Waals surface area contributed by atoms with Crippen molar-refractivity contribution < 1.29 is 23.7 Å². The molecular formula is C48H86N4O5. The number of benzene rings is 1. The molecule has 0 radical (unpaired) electrons. The van der Waals surface area contributed by atoms with Crippen LogP contribution in [0.5, 0.6) is 5.88 Å². The van der Waals surface area contributed by atoms with Crippen LogP contribution in [0.2, 0.25) is 0 Å². The summed E-state index contributed by atoms with van der Waals surface area (Å²) < 4.78 is 23.1. The molecule has 1 aliphatic heterocycles. The Labute approximate surface area is 351 Å². The third-order valence-electron chi connectivity index (χ3n) is 6.95. The smallest absolute Gasteiger partial charge is 0.410 e. The molecule has 9 nitrogen and oxygen atoms in total. The van der Waals surface area contributed by atoms with E-state index in [4.69, 9.17) is 18.9 Å². The molecule has 2 heterocycles. The zero-order chi connectivity index (χ0) is 45.0. The number of hydrogen-bond acceptors (Lipinski definition) is 8. The summed E-state index contributed by atoms with van der Waals surface area (Å²) in [5.74, 6) is 0.681. The van der Waals surface area contributed by atoms with Gasteiger partial charge in [-0.15, -0.1) is 0 Å². The summed E-state index contributed by atoms with van der Waals surface area (Å²) in [5.41, 5.74) is 4.43. The molecule has 0 spiro atoms. The predicted molar refractivity (Wildman–Crippen MR) is 245 cm³/mol. The number of rotatable bonds is 13. The Morgan fingerprint density at radius 3 is 1.86 bits per heavy atom. The van der Waals surface area contributed by atoms with Crippen molar-refractivity contribution in [2.24, 2.45) is 5.92 Å². The van der Waals surface area contributed by atoms with Crippen molar-refractivity contribution in [2.45, 2.75) is 168 Å². The van der Waals surface area contributed by atoms with Gasteiger partial charge in [-0.25, -0.2) is 9.78 Å². The van der Waals surface area contributed by atoms with Crippen LogP contribution in [0.3, 0.4) is 0 Å². The first kappa shape index (κ1) is 59.8. The van der Waals surface area contributed by atoms with Crippen molar-refractivity contribution in [3.63, 3.8) is 0 Å². The van der Waals surface area contributed by atoms with Gasteiger partial charge in [0.15, 0.2) is 6.29 Å². The molecule has 0 N–H and O–H groups in total. The van der Waals surface area contributed by atoms with Crippen LogP contribution in [0.1, 0.15) is 155 Å². The van der Waals surface area contributed by atoms with Gasteiger partial charge < -0.3 is 28.7 Å². The second-order valence-corrected chi connectivity index (χ2v) is 13.7. The maximum atomic E-state index is 12.3. The first-order chi connectivity index (χ1) is 27.1. The summed E-state index contributed by atoms with van der Waals surface area (Å²) in [6.07, 6.45) is 5.39. The van der Waals surface area contributed by atoms with Gasteiger partial charge in [0.25, 0.3) is 0 Å². The molecule has 1 aromatic carbocycles. The minimum atomic E-state index is -0.531. The predicted octanol–water partition coefficient (Wildman–Crippen LogP) is 13.4. The van der Waals surface area contributed by atoms with Crippen molar-refractivity contribution in [3.8, 4) is 11.9 Å². The summed E-state index contributed by atoms with van der Waals surface area (Å²) >= 11 is 0. The fraction of sp³-hybridized carbons (Fsp3) is 0.646. The van der Waals surface area contributed by atoms with Gasteiger partial charge in [0.1, 0.15) is 5.60 Å². The second kappa shape index (κ2) is 37.7. The van der Waals surface area contributed by atoms with E-state index in [1.807, 2.05) is 140 Å². The lowest BCUT2D eigenvalue weighted by Crippen LogP contribution is -2.42. The number of hydrogen-bond donors (Lipinski definition) is 0. The summed E-state index contributed by atoms with van der Waals surface area (Å²) in [7, 11) is 1.73. The van der Waals surface area contributed by atoms with Crippen molar-refractivity contribution in [2.75, 3.05) is 38.3 Å². The monoisotopic (exact) mass is 799 g/mol. The van der Waals surface area contributed by atoms with E-state index in [2.05, 4.69) is 49.9 Å². The molecule has 1 aliphatic rings. The van der Waals surface area contributed by atoms with E-state index in [0.29, 0.717) is 50.7 Å². The molecule has 0 atom stereocenters. The topological polar surface area (TPSA) is 97.2 Å². The molecule has 57 heavy (non-hydrogen) atoms. The third kappa shape index (κ3) is 30.9. The quantitative estimate of drug-likeness (QED) is 0.185. The number of aromatic nitrogens is 1. The van der Waals surface area contributed by atoms with Crippen LogP contribution in [0, 0.1) is 17.2 Å². The van der Waals surface area contributed by atoms with Crippen LogP contribution in [0.4, 0.5) is 10.5 Å². The lowest BCUT2D eigenvalue weighted by molar-refractivity contribution is -0.203. The number of ether oxygens (including phenoxy) is 4. The first-order valence-electron chi connectivity index (χ1n) is 21.5. The molecule has 0 unspecified atom stereocenters. The number of carbonyl (C=O) groups excluding carboxylic acids is 1. The van der Waals surface area contributed by atoms with Gasteiger partial charge in [-0.1, -0.05) is 119 Å². The number of pyridine rings is 1. The minimum absolute atomic E-state index is 0.0660. The highest BCUT2D eigenvalue weighted by Crippen LogP contribution is 2.22. The average Bonchev–Trinajstić information content (AvgIpc) is 3.20. The number of amides is 1. The second-order valence-electron chi connectivity index (χ2n) is 13.7. The fourth-order valence-electron chi connectivity index (χ4n) is 4.52. The van der Waals surface area contributed by atoms with E-state index < -0.39 is 5.60 Å². The number of anilines is 1. The molecule has 1 aromatic heterocycles. The normalized spacial score (nSPS) is 13.6. The Bertz CT molecular complexity index is 1290. The van der Waals surface area contributed by atoms with Gasteiger partial charge in [0.05, 0.1) is 31.0 Å². The van der Waals surface area contributed by atoms with Gasteiger partial charge in [-0.2, -0.15) is 5.26 Å². The van der Waals surface area contributed by atoms with Crippen LogP contribution in [0.25, 0.3) is 0 Å². The van der Waals surface area contributed by atoms with Crippen LogP contribution in [-0.4, -0.2) is 67.3 Å². The number of allylic oxidation sites excluding steroid dienone is 2. The van der Waals surface area contributed by atoms with Crippen molar-refractivity contribution in [1.29, 1.82) is 5.26 Å². The molecule has 0 saturated carbocycles. The van der Waals surface area contributed by atoms with Gasteiger partial charge in [-0.05, 0) is 77.8 Å². The largest absolute Gasteiger partial charge is 0.475 e. The van der Waals surface area contributed by atoms with Crippen LogP contribution < -0.4 is 9.64 Å². The first-order valence-corrected chi connectivity index (χ1v) is 21.5. The van der Waals surface area contributed by atoms with Gasteiger partial charge in [-0.3, -0.25) is 0 Å². The van der Waals surface area contributed by atoms with Crippen molar-refractivity contribution in [1.82, 2.24) is 9.88 Å². The Balaban J connectivity index is -0.000000625. The van der Waals surface area contributed by atoms with Crippen molar-refractivity contribution >= 4 is 11.8 Å². The summed E-state index contributed by atoms with van der Waals surface area (Å²) in [5, 5.41) is 9.17. The zero-order valence-corrected chi connectivity index (χ0v) is 39.9. The average molecular weight is 799 g/mol. The molecule has 328 valence electrons. The van der Waals surface area contributed by atoms with Gasteiger partial charge >= 0.3 is 6.09 Å². The van der Waals surface area contributed by atoms with E-state index in [9.17, 15) is 10.1 Å². The van der Waals surface area contributed by atoms with Crippen LogP contribution in [-0.2, 0) is 20.8 Å². The van der Waals surface area contributed by atoms with Gasteiger partial charge in [0.2, 0.25) is 5.88 Å². The van der Waals surface area contributed by atoms with E-state index in [1.165, 1.54) is 18.4 Å². The van der Waals surface area contributed by atoms with E-state index in [-0.39, 0.29) is 24.4 Å². The minimum Gasteiger partial charge on any atom is -0.475 e. The van der Waals surface area contributed by atoms with Crippen molar-refractivity contribution in [3.05, 3.63) is 78.0 Å². The maximum absolute atomic E-state index is 12.3. The highest BCUT2D eigenvalue weighted by molar-refractivity contribution is 5.67. The summed E-state index contributed by atoms with van der Waals surface area (Å²) in [6, 6.07) is 13.6. The number of nitrogens with zero attached hydrogens (tertiary/aromatic N) is 4. The Kier molecular flexibility index (Phi) is 39.6. The Morgan fingerprint density at radius 2 is 1.47 bits per heavy atom. The Hall–Kier alpha value is -3.87. The fourth-order valence-corrected chi connectivity index (χ4v) is 4.52. The molecule has 0 aliphatic carbocycles.